The van der Waals surface area contributed by atoms with Gasteiger partial charge in [0.05, 0.1) is 84.2 Å². The molecule has 2 aromatic rings. The molecule has 0 aliphatic rings. The Kier molecular flexibility index (Phi) is 17.6. The number of thiazole rings is 1. The van der Waals surface area contributed by atoms with Gasteiger partial charge >= 0.3 is 5.00 Å². The van der Waals surface area contributed by atoms with E-state index in [1.54, 1.807) is 12.1 Å². The quantitative estimate of drug-likeness (QED) is 0.0929. The lowest BCUT2D eigenvalue weighted by atomic mass is 10.1. The van der Waals surface area contributed by atoms with Gasteiger partial charge in [-0.3, -0.25) is 20.2 Å². The van der Waals surface area contributed by atoms with Crippen molar-refractivity contribution in [2.45, 2.75) is 6.92 Å². The molecule has 0 saturated carbocycles. The first kappa shape index (κ1) is 33.4. The van der Waals surface area contributed by atoms with E-state index in [-0.39, 0.29) is 16.0 Å². The number of nitrogens with two attached hydrogens (primary N) is 1. The lowest BCUT2D eigenvalue weighted by Gasteiger charge is -2.11. The topological polar surface area (TPSA) is 179 Å². The zero-order valence-corrected chi connectivity index (χ0v) is 23.6. The van der Waals surface area contributed by atoms with E-state index in [9.17, 15) is 14.9 Å². The Balaban J connectivity index is 1.41. The average Bonchev–Trinajstić information content (AvgIpc) is 3.41. The van der Waals surface area contributed by atoms with Crippen LogP contribution in [0.25, 0.3) is 0 Å². The number of hydrogen-bond acceptors (Lipinski definition) is 13. The average molecular weight is 586 g/mol. The summed E-state index contributed by atoms with van der Waals surface area (Å²) in [6.45, 7) is 8.93. The monoisotopic (exact) mass is 585 g/mol. The molecule has 0 aliphatic heterocycles. The first-order valence-corrected chi connectivity index (χ1v) is 13.8. The molecule has 0 fully saturated rings. The number of ether oxygens (including phenoxy) is 6. The number of amides is 1. The Morgan fingerprint density at radius 1 is 0.900 bits per heavy atom. The Labute approximate surface area is 237 Å². The summed E-state index contributed by atoms with van der Waals surface area (Å²) >= 11 is 0.806. The van der Waals surface area contributed by atoms with Crippen molar-refractivity contribution in [3.8, 4) is 0 Å². The Morgan fingerprint density at radius 3 is 1.90 bits per heavy atom. The second-order valence-electron chi connectivity index (χ2n) is 8.13. The van der Waals surface area contributed by atoms with Gasteiger partial charge in [0.15, 0.2) is 5.13 Å². The van der Waals surface area contributed by atoms with Gasteiger partial charge in [0.1, 0.15) is 6.20 Å². The van der Waals surface area contributed by atoms with Gasteiger partial charge in [0.25, 0.3) is 5.91 Å². The summed E-state index contributed by atoms with van der Waals surface area (Å²) in [4.78, 5) is 26.6. The maximum absolute atomic E-state index is 12.5. The van der Waals surface area contributed by atoms with Crippen LogP contribution < -0.4 is 16.4 Å². The predicted octanol–water partition coefficient (Wildman–Crippen LogP) is 2.08. The highest BCUT2D eigenvalue weighted by Gasteiger charge is 2.15. The van der Waals surface area contributed by atoms with Crippen LogP contribution in [0.15, 0.2) is 24.4 Å². The third-order valence-electron chi connectivity index (χ3n) is 5.06. The van der Waals surface area contributed by atoms with Crippen molar-refractivity contribution in [3.05, 3.63) is 45.6 Å². The normalized spacial score (nSPS) is 11.1. The number of nitrogens with one attached hydrogen (secondary N) is 2. The highest BCUT2D eigenvalue weighted by Crippen LogP contribution is 2.26. The first-order chi connectivity index (χ1) is 19.5. The molecule has 14 nitrogen and oxygen atoms in total. The van der Waals surface area contributed by atoms with Gasteiger partial charge in [-0.05, 0) is 42.0 Å². The van der Waals surface area contributed by atoms with Gasteiger partial charge in [-0.15, -0.1) is 0 Å². The van der Waals surface area contributed by atoms with Gasteiger partial charge < -0.3 is 39.5 Å². The minimum atomic E-state index is -0.547. The van der Waals surface area contributed by atoms with Crippen molar-refractivity contribution >= 4 is 33.1 Å². The zero-order valence-electron chi connectivity index (χ0n) is 22.8. The van der Waals surface area contributed by atoms with Gasteiger partial charge in [-0.25, -0.2) is 4.98 Å². The van der Waals surface area contributed by atoms with Crippen LogP contribution in [0.1, 0.15) is 15.9 Å². The SMILES string of the molecule is Cc1cc(NCCOCCOCCOCCOCCOCCOCCN)ccc1C(=O)Nc1ncc([N+](=O)[O-])s1. The molecule has 0 atom stereocenters. The summed E-state index contributed by atoms with van der Waals surface area (Å²) in [5, 5.41) is 16.6. The molecule has 0 unspecified atom stereocenters. The van der Waals surface area contributed by atoms with Gasteiger partial charge in [-0.1, -0.05) is 0 Å². The molecule has 0 spiro atoms. The largest absolute Gasteiger partial charge is 0.383 e. The van der Waals surface area contributed by atoms with Crippen LogP contribution in [-0.4, -0.2) is 108 Å². The molecular weight excluding hydrogens is 546 g/mol. The van der Waals surface area contributed by atoms with Crippen molar-refractivity contribution in [3.63, 3.8) is 0 Å². The van der Waals surface area contributed by atoms with Crippen LogP contribution in [0, 0.1) is 17.0 Å². The molecule has 40 heavy (non-hydrogen) atoms. The molecule has 2 rings (SSSR count). The number of nitro groups is 1. The number of anilines is 2. The fourth-order valence-electron chi connectivity index (χ4n) is 3.15. The lowest BCUT2D eigenvalue weighted by Crippen LogP contribution is -2.16. The van der Waals surface area contributed by atoms with E-state index in [4.69, 9.17) is 34.2 Å². The lowest BCUT2D eigenvalue weighted by molar-refractivity contribution is -0.380. The summed E-state index contributed by atoms with van der Waals surface area (Å²) in [7, 11) is 0. The standard InChI is InChI=1S/C25H39N5O9S/c1-20-18-21(2-3-22(20)24(31)29-25-28-19-23(40-25)30(32)33)27-5-7-35-9-11-37-13-15-39-17-16-38-14-12-36-10-8-34-6-4-26/h2-3,18-19,27H,4-17,26H2,1H3,(H,28,29,31). The smallest absolute Gasteiger partial charge is 0.345 e. The molecule has 1 aromatic carbocycles. The Morgan fingerprint density at radius 2 is 1.43 bits per heavy atom. The predicted molar refractivity (Wildman–Crippen MR) is 150 cm³/mol. The van der Waals surface area contributed by atoms with E-state index in [2.05, 4.69) is 15.6 Å². The Hall–Kier alpha value is -2.76. The molecule has 0 radical (unpaired) electrons. The van der Waals surface area contributed by atoms with E-state index in [1.165, 1.54) is 0 Å². The summed E-state index contributed by atoms with van der Waals surface area (Å²) in [5.41, 5.74) is 7.38. The van der Waals surface area contributed by atoms with E-state index in [0.717, 1.165) is 28.8 Å². The molecule has 4 N–H and O–H groups in total. The second kappa shape index (κ2) is 21.0. The van der Waals surface area contributed by atoms with Crippen LogP contribution in [-0.2, 0) is 28.4 Å². The fourth-order valence-corrected chi connectivity index (χ4v) is 3.78. The van der Waals surface area contributed by atoms with Gasteiger partial charge in [0, 0.05) is 24.3 Å². The van der Waals surface area contributed by atoms with Crippen molar-refractivity contribution in [2.75, 3.05) is 103 Å². The number of aryl methyl sites for hydroxylation is 1. The highest BCUT2D eigenvalue weighted by atomic mass is 32.1. The zero-order chi connectivity index (χ0) is 28.8. The number of carbonyl (C=O) groups excluding carboxylic acids is 1. The number of aromatic nitrogens is 1. The summed E-state index contributed by atoms with van der Waals surface area (Å²) < 4.78 is 32.4. The fraction of sp³-hybridized carbons (Fsp3) is 0.600. The number of hydrogen-bond donors (Lipinski definition) is 3. The van der Waals surface area contributed by atoms with Crippen molar-refractivity contribution < 1.29 is 38.1 Å². The van der Waals surface area contributed by atoms with E-state index >= 15 is 0 Å². The number of carbonyl (C=O) groups is 1. The van der Waals surface area contributed by atoms with E-state index < -0.39 is 4.92 Å². The maximum Gasteiger partial charge on any atom is 0.345 e. The summed E-state index contributed by atoms with van der Waals surface area (Å²) in [6.07, 6.45) is 1.12. The number of benzene rings is 1. The Bertz CT molecular complexity index is 995. The van der Waals surface area contributed by atoms with E-state index in [0.29, 0.717) is 97.9 Å². The molecule has 1 aromatic heterocycles. The van der Waals surface area contributed by atoms with Crippen LogP contribution >= 0.6 is 11.3 Å². The van der Waals surface area contributed by atoms with Crippen molar-refractivity contribution in [1.29, 1.82) is 0 Å². The molecule has 1 amide bonds. The van der Waals surface area contributed by atoms with Gasteiger partial charge in [-0.2, -0.15) is 0 Å². The first-order valence-electron chi connectivity index (χ1n) is 12.9. The second-order valence-corrected chi connectivity index (χ2v) is 9.14. The van der Waals surface area contributed by atoms with Crippen LogP contribution in [0.3, 0.4) is 0 Å². The summed E-state index contributed by atoms with van der Waals surface area (Å²) in [6, 6.07) is 5.33. The summed E-state index contributed by atoms with van der Waals surface area (Å²) in [5.74, 6) is -0.377. The van der Waals surface area contributed by atoms with E-state index in [1.807, 2.05) is 13.0 Å². The van der Waals surface area contributed by atoms with Crippen LogP contribution in [0.5, 0.6) is 0 Å². The minimum Gasteiger partial charge on any atom is -0.383 e. The number of rotatable bonds is 24. The molecule has 224 valence electrons. The molecule has 15 heteroatoms. The van der Waals surface area contributed by atoms with Crippen molar-refractivity contribution in [2.24, 2.45) is 5.73 Å². The van der Waals surface area contributed by atoms with Gasteiger partial charge in [0.2, 0.25) is 0 Å². The highest BCUT2D eigenvalue weighted by molar-refractivity contribution is 7.18. The third kappa shape index (κ3) is 14.6. The number of nitrogens with zero attached hydrogens (tertiary/aromatic N) is 2. The molecular formula is C25H39N5O9S. The molecule has 0 aliphatic carbocycles. The molecule has 1 heterocycles. The maximum atomic E-state index is 12.5. The van der Waals surface area contributed by atoms with Crippen LogP contribution in [0.2, 0.25) is 0 Å². The molecule has 0 bridgehead atoms. The third-order valence-corrected chi connectivity index (χ3v) is 5.93. The minimum absolute atomic E-state index is 0.133. The van der Waals surface area contributed by atoms with Crippen molar-refractivity contribution in [1.82, 2.24) is 4.98 Å². The molecule has 0 saturated heterocycles. The van der Waals surface area contributed by atoms with Crippen LogP contribution in [0.4, 0.5) is 15.8 Å².